The van der Waals surface area contributed by atoms with Gasteiger partial charge >= 0.3 is 0 Å². The summed E-state index contributed by atoms with van der Waals surface area (Å²) in [5.41, 5.74) is 0. The van der Waals surface area contributed by atoms with Crippen LogP contribution in [0.25, 0.3) is 0 Å². The monoisotopic (exact) mass is 243 g/mol. The fourth-order valence-corrected chi connectivity index (χ4v) is 2.41. The third-order valence-electron chi connectivity index (χ3n) is 0.429. The van der Waals surface area contributed by atoms with Gasteiger partial charge in [0.2, 0.25) is 0 Å². The van der Waals surface area contributed by atoms with Crippen LogP contribution in [0.15, 0.2) is 15.9 Å². The predicted molar refractivity (Wildman–Crippen MR) is 45.8 cm³/mol. The van der Waals surface area contributed by atoms with Crippen molar-refractivity contribution in [1.29, 1.82) is 0 Å². The van der Waals surface area contributed by atoms with E-state index in [9.17, 15) is 0 Å². The Morgan fingerprint density at radius 1 is 1.71 bits per heavy atom. The van der Waals surface area contributed by atoms with E-state index in [0.717, 1.165) is 3.72 Å². The van der Waals surface area contributed by atoms with Gasteiger partial charge in [-0.1, -0.05) is 0 Å². The molecule has 1 aliphatic heterocycles. The molecule has 38 valence electrons. The minimum Gasteiger partial charge on any atom is -0.198 e. The average molecular weight is 243 g/mol. The molecule has 1 nitrogen and oxygen atoms in total. The molecule has 0 saturated carbocycles. The Morgan fingerprint density at radius 3 is 2.86 bits per heavy atom. The van der Waals surface area contributed by atoms with Crippen molar-refractivity contribution in [1.82, 2.24) is 0 Å². The van der Waals surface area contributed by atoms with Crippen LogP contribution in [0.2, 0.25) is 0 Å². The summed E-state index contributed by atoms with van der Waals surface area (Å²) < 4.78 is 5.10. The number of halogens is 1. The van der Waals surface area contributed by atoms with E-state index in [0.29, 0.717) is 0 Å². The van der Waals surface area contributed by atoms with Gasteiger partial charge in [0.15, 0.2) is 0 Å². The van der Waals surface area contributed by atoms with Crippen LogP contribution >= 0.6 is 44.4 Å². The summed E-state index contributed by atoms with van der Waals surface area (Å²) in [6.45, 7) is 0. The van der Waals surface area contributed by atoms with Crippen LogP contribution in [-0.4, -0.2) is 3.72 Å². The Labute approximate surface area is 63.7 Å². The van der Waals surface area contributed by atoms with Gasteiger partial charge in [0.05, 0.1) is 0 Å². The minimum atomic E-state index is 1.07. The van der Waals surface area contributed by atoms with Crippen molar-refractivity contribution in [3.63, 3.8) is 0 Å². The zero-order valence-electron chi connectivity index (χ0n) is 3.30. The molecule has 0 aliphatic carbocycles. The Balaban J connectivity index is 2.58. The summed E-state index contributed by atoms with van der Waals surface area (Å²) in [5, 5.41) is 2.03. The second kappa shape index (κ2) is 2.99. The van der Waals surface area contributed by atoms with Crippen LogP contribution < -0.4 is 0 Å². The summed E-state index contributed by atoms with van der Waals surface area (Å²) >= 11 is 2.19. The molecule has 0 atom stereocenters. The number of rotatable bonds is 0. The lowest BCUT2D eigenvalue weighted by molar-refractivity contribution is 1.99. The topological polar surface area (TPSA) is 12.4 Å². The molecule has 0 saturated heterocycles. The van der Waals surface area contributed by atoms with Crippen molar-refractivity contribution in [2.75, 3.05) is 0 Å². The van der Waals surface area contributed by atoms with Gasteiger partial charge in [0.1, 0.15) is 3.72 Å². The van der Waals surface area contributed by atoms with Gasteiger partial charge in [-0.05, 0) is 44.9 Å². The lowest BCUT2D eigenvalue weighted by atomic mass is 10.7. The van der Waals surface area contributed by atoms with Crippen LogP contribution in [0.3, 0.4) is 0 Å². The van der Waals surface area contributed by atoms with Crippen molar-refractivity contribution in [2.24, 2.45) is 4.40 Å². The number of hydrogen-bond acceptors (Lipinski definition) is 3. The van der Waals surface area contributed by atoms with Crippen LogP contribution in [0, 0.1) is 0 Å². The molecule has 0 fully saturated rings. The molecule has 0 aromatic carbocycles. The van der Waals surface area contributed by atoms with E-state index < -0.39 is 0 Å². The van der Waals surface area contributed by atoms with Gasteiger partial charge < -0.3 is 0 Å². The molecule has 0 aromatic rings. The Kier molecular flexibility index (Phi) is 2.54. The molecule has 1 aliphatic rings. The van der Waals surface area contributed by atoms with E-state index in [1.54, 1.807) is 10.8 Å². The molecule has 0 amide bonds. The number of nitrogens with zero attached hydrogens (tertiary/aromatic N) is 1. The first-order valence-corrected chi connectivity index (χ1v) is 4.87. The second-order valence-corrected chi connectivity index (χ2v) is 3.81. The normalized spacial score (nSPS) is 19.3. The number of hydrogen-bond donors (Lipinski definition) is 0. The molecule has 7 heavy (non-hydrogen) atoms. The van der Waals surface area contributed by atoms with Gasteiger partial charge in [-0.25, -0.2) is 0 Å². The fraction of sp³-hybridized carbons (Fsp3) is 0. The summed E-state index contributed by atoms with van der Waals surface area (Å²) in [7, 11) is 3.16. The zero-order valence-corrected chi connectivity index (χ0v) is 7.09. The van der Waals surface area contributed by atoms with Gasteiger partial charge in [-0.3, -0.25) is 0 Å². The molecule has 1 heterocycles. The Morgan fingerprint density at radius 2 is 2.57 bits per heavy atom. The molecule has 0 N–H and O–H groups in total. The smallest absolute Gasteiger partial charge is 0.111 e. The van der Waals surface area contributed by atoms with Crippen molar-refractivity contribution < 1.29 is 0 Å². The fourth-order valence-electron chi connectivity index (χ4n) is 0.196. The highest BCUT2D eigenvalue weighted by atomic mass is 127. The summed E-state index contributed by atoms with van der Waals surface area (Å²) in [5.74, 6) is 0. The quantitative estimate of drug-likeness (QED) is 0.368. The SMILES string of the molecule is IC1=NSSC=C1. The van der Waals surface area contributed by atoms with Crippen molar-refractivity contribution in [3.05, 3.63) is 11.5 Å². The molecule has 1 rings (SSSR count). The average Bonchev–Trinajstić information content (AvgIpc) is 1.69. The molecular weight excluding hydrogens is 241 g/mol. The summed E-state index contributed by atoms with van der Waals surface area (Å²) in [4.78, 5) is 0. The van der Waals surface area contributed by atoms with Crippen molar-refractivity contribution >= 4 is 48.1 Å². The third kappa shape index (κ3) is 2.05. The maximum atomic E-state index is 4.03. The summed E-state index contributed by atoms with van der Waals surface area (Å²) in [6.07, 6.45) is 1.99. The first-order chi connectivity index (χ1) is 3.39. The molecule has 0 bridgehead atoms. The van der Waals surface area contributed by atoms with Crippen LogP contribution in [0.5, 0.6) is 0 Å². The largest absolute Gasteiger partial charge is 0.198 e. The maximum absolute atomic E-state index is 4.03. The van der Waals surface area contributed by atoms with E-state index in [-0.39, 0.29) is 0 Å². The maximum Gasteiger partial charge on any atom is 0.111 e. The van der Waals surface area contributed by atoms with Gasteiger partial charge in [-0.2, -0.15) is 4.40 Å². The predicted octanol–water partition coefficient (Wildman–Crippen LogP) is 2.64. The molecular formula is C3H2INS2. The highest BCUT2D eigenvalue weighted by molar-refractivity contribution is 14.1. The highest BCUT2D eigenvalue weighted by Gasteiger charge is 1.91. The first-order valence-electron chi connectivity index (χ1n) is 1.62. The van der Waals surface area contributed by atoms with E-state index in [4.69, 9.17) is 0 Å². The molecule has 0 aromatic heterocycles. The van der Waals surface area contributed by atoms with Crippen LogP contribution in [-0.2, 0) is 0 Å². The highest BCUT2D eigenvalue weighted by Crippen LogP contribution is 2.28. The van der Waals surface area contributed by atoms with Crippen molar-refractivity contribution in [3.8, 4) is 0 Å². The first kappa shape index (κ1) is 5.97. The lowest BCUT2D eigenvalue weighted by Crippen LogP contribution is -1.74. The second-order valence-electron chi connectivity index (χ2n) is 0.888. The third-order valence-corrected chi connectivity index (χ3v) is 2.78. The van der Waals surface area contributed by atoms with Gasteiger partial charge in [0.25, 0.3) is 0 Å². The van der Waals surface area contributed by atoms with E-state index in [1.807, 2.05) is 11.5 Å². The molecule has 0 unspecified atom stereocenters. The van der Waals surface area contributed by atoms with Crippen molar-refractivity contribution in [2.45, 2.75) is 0 Å². The zero-order chi connectivity index (χ0) is 5.11. The van der Waals surface area contributed by atoms with Crippen LogP contribution in [0.4, 0.5) is 0 Å². The lowest BCUT2D eigenvalue weighted by Gasteiger charge is -1.92. The van der Waals surface area contributed by atoms with E-state index >= 15 is 0 Å². The van der Waals surface area contributed by atoms with Gasteiger partial charge in [0, 0.05) is 11.0 Å². The summed E-state index contributed by atoms with van der Waals surface area (Å²) in [6, 6.07) is 0. The van der Waals surface area contributed by atoms with Gasteiger partial charge in [-0.15, -0.1) is 0 Å². The van der Waals surface area contributed by atoms with E-state index in [2.05, 4.69) is 27.0 Å². The Hall–Kier alpha value is 0.840. The Bertz CT molecular complexity index is 120. The molecule has 0 spiro atoms. The molecule has 0 radical (unpaired) electrons. The number of allylic oxidation sites excluding steroid dienone is 1. The standard InChI is InChI=1S/C3H2INS2/c4-3-1-2-6-7-5-3/h1-2H. The van der Waals surface area contributed by atoms with Crippen LogP contribution in [0.1, 0.15) is 0 Å². The molecule has 4 heteroatoms. The van der Waals surface area contributed by atoms with E-state index in [1.165, 1.54) is 11.0 Å². The minimum absolute atomic E-state index is 1.07.